The fourth-order valence-electron chi connectivity index (χ4n) is 0.191. The first kappa shape index (κ1) is 6.58. The second kappa shape index (κ2) is 3.76. The topological polar surface area (TPSA) is 23.8 Å². The summed E-state index contributed by atoms with van der Waals surface area (Å²) >= 11 is 3.88. The molecule has 0 spiro atoms. The number of hydrogen-bond acceptors (Lipinski definition) is 2. The van der Waals surface area contributed by atoms with Gasteiger partial charge in [0, 0.05) is 11.3 Å². The Kier molecular flexibility index (Phi) is 3.53. The van der Waals surface area contributed by atoms with Crippen LogP contribution in [0.4, 0.5) is 0 Å². The molecule has 0 amide bonds. The van der Waals surface area contributed by atoms with Gasteiger partial charge in [-0.1, -0.05) is 6.08 Å². The molecule has 0 fully saturated rings. The zero-order valence-corrected chi connectivity index (χ0v) is 5.07. The normalized spacial score (nSPS) is 10.7. The summed E-state index contributed by atoms with van der Waals surface area (Å²) in [6.07, 6.45) is 1.76. The first-order chi connectivity index (χ1) is 3.35. The molecular formula is C5H7NS. The molecule has 0 radical (unpaired) electrons. The van der Waals surface area contributed by atoms with E-state index in [0.29, 0.717) is 5.75 Å². The minimum absolute atomic E-state index is 0.549. The average Bonchev–Trinajstić information content (AvgIpc) is 1.72. The van der Waals surface area contributed by atoms with E-state index in [1.54, 1.807) is 6.08 Å². The smallest absolute Gasteiger partial charge is 0.0952 e. The van der Waals surface area contributed by atoms with Crippen LogP contribution in [0.15, 0.2) is 11.6 Å². The summed E-state index contributed by atoms with van der Waals surface area (Å²) in [5.41, 5.74) is 0.725. The van der Waals surface area contributed by atoms with Gasteiger partial charge in [-0.2, -0.15) is 17.9 Å². The Morgan fingerprint density at radius 3 is 2.57 bits per heavy atom. The number of allylic oxidation sites excluding steroid dienone is 1. The number of rotatable bonds is 1. The molecule has 1 nitrogen and oxygen atoms in total. The molecule has 0 atom stereocenters. The van der Waals surface area contributed by atoms with E-state index in [9.17, 15) is 0 Å². The Bertz CT molecular complexity index is 110. The molecule has 2 heteroatoms. The van der Waals surface area contributed by atoms with Crippen molar-refractivity contribution in [2.24, 2.45) is 0 Å². The molecule has 0 N–H and O–H groups in total. The highest BCUT2D eigenvalue weighted by atomic mass is 32.1. The summed E-state index contributed by atoms with van der Waals surface area (Å²) in [6.45, 7) is 1.83. The molecule has 0 saturated heterocycles. The molecule has 0 aromatic carbocycles. The van der Waals surface area contributed by atoms with E-state index < -0.39 is 0 Å². The maximum absolute atomic E-state index is 8.16. The van der Waals surface area contributed by atoms with Crippen molar-refractivity contribution in [2.45, 2.75) is 6.92 Å². The molecule has 0 unspecified atom stereocenters. The summed E-state index contributed by atoms with van der Waals surface area (Å²) in [5, 5.41) is 8.16. The van der Waals surface area contributed by atoms with Gasteiger partial charge in [-0.25, -0.2) is 0 Å². The number of nitrogens with zero attached hydrogens (tertiary/aromatic N) is 1. The monoisotopic (exact) mass is 113 g/mol. The van der Waals surface area contributed by atoms with Crippen LogP contribution in [0.1, 0.15) is 6.92 Å². The fraction of sp³-hybridized carbons (Fsp3) is 0.400. The van der Waals surface area contributed by atoms with Crippen LogP contribution in [0, 0.1) is 11.3 Å². The van der Waals surface area contributed by atoms with Gasteiger partial charge in [0.2, 0.25) is 0 Å². The van der Waals surface area contributed by atoms with Gasteiger partial charge in [-0.15, -0.1) is 0 Å². The molecule has 0 bridgehead atoms. The summed E-state index contributed by atoms with van der Waals surface area (Å²) in [6, 6.07) is 1.99. The second-order valence-electron chi connectivity index (χ2n) is 1.08. The van der Waals surface area contributed by atoms with Crippen molar-refractivity contribution < 1.29 is 0 Å². The van der Waals surface area contributed by atoms with Gasteiger partial charge in [0.1, 0.15) is 0 Å². The summed E-state index contributed by atoms with van der Waals surface area (Å²) in [7, 11) is 0. The third-order valence-electron chi connectivity index (χ3n) is 0.662. The van der Waals surface area contributed by atoms with E-state index in [1.165, 1.54) is 0 Å². The van der Waals surface area contributed by atoms with E-state index in [-0.39, 0.29) is 0 Å². The highest BCUT2D eigenvalue weighted by Crippen LogP contribution is 1.91. The Morgan fingerprint density at radius 1 is 2.00 bits per heavy atom. The van der Waals surface area contributed by atoms with Crippen LogP contribution in [-0.4, -0.2) is 5.75 Å². The Labute approximate surface area is 49.1 Å². The van der Waals surface area contributed by atoms with Gasteiger partial charge >= 0.3 is 0 Å². The van der Waals surface area contributed by atoms with Crippen LogP contribution in [0.25, 0.3) is 0 Å². The standard InChI is InChI=1S/C5H7NS/c1-2-5(3-6)4-7/h2,7H,4H2,1H3/b5-2-. The van der Waals surface area contributed by atoms with Crippen molar-refractivity contribution in [1.29, 1.82) is 5.26 Å². The molecule has 0 aromatic rings. The lowest BCUT2D eigenvalue weighted by atomic mass is 10.3. The average molecular weight is 113 g/mol. The van der Waals surface area contributed by atoms with Crippen molar-refractivity contribution in [2.75, 3.05) is 5.75 Å². The predicted molar refractivity (Wildman–Crippen MR) is 33.2 cm³/mol. The third kappa shape index (κ3) is 2.30. The number of nitriles is 1. The van der Waals surface area contributed by atoms with E-state index >= 15 is 0 Å². The van der Waals surface area contributed by atoms with Gasteiger partial charge in [-0.3, -0.25) is 0 Å². The van der Waals surface area contributed by atoms with E-state index in [4.69, 9.17) is 5.26 Å². The van der Waals surface area contributed by atoms with Crippen LogP contribution in [0.5, 0.6) is 0 Å². The van der Waals surface area contributed by atoms with Gasteiger partial charge in [0.15, 0.2) is 0 Å². The summed E-state index contributed by atoms with van der Waals surface area (Å²) in [4.78, 5) is 0. The van der Waals surface area contributed by atoms with Gasteiger partial charge in [-0.05, 0) is 6.92 Å². The van der Waals surface area contributed by atoms with Crippen molar-refractivity contribution >= 4 is 12.6 Å². The molecule has 0 saturated carbocycles. The predicted octanol–water partition coefficient (Wildman–Crippen LogP) is 1.39. The van der Waals surface area contributed by atoms with E-state index in [2.05, 4.69) is 12.6 Å². The van der Waals surface area contributed by atoms with Gasteiger partial charge in [0.05, 0.1) is 6.07 Å². The van der Waals surface area contributed by atoms with Crippen LogP contribution >= 0.6 is 12.6 Å². The highest BCUT2D eigenvalue weighted by Gasteiger charge is 1.82. The third-order valence-corrected chi connectivity index (χ3v) is 1.00. The van der Waals surface area contributed by atoms with E-state index in [1.807, 2.05) is 13.0 Å². The summed E-state index contributed by atoms with van der Waals surface area (Å²) < 4.78 is 0. The lowest BCUT2D eigenvalue weighted by Crippen LogP contribution is -1.74. The molecule has 38 valence electrons. The maximum atomic E-state index is 8.16. The fourth-order valence-corrected chi connectivity index (χ4v) is 0.444. The van der Waals surface area contributed by atoms with E-state index in [0.717, 1.165) is 5.57 Å². The van der Waals surface area contributed by atoms with Crippen molar-refractivity contribution in [3.8, 4) is 6.07 Å². The largest absolute Gasteiger partial charge is 0.193 e. The van der Waals surface area contributed by atoms with Crippen LogP contribution in [0.2, 0.25) is 0 Å². The Balaban J connectivity index is 3.68. The number of thiol groups is 1. The van der Waals surface area contributed by atoms with Gasteiger partial charge < -0.3 is 0 Å². The molecule has 0 aromatic heterocycles. The van der Waals surface area contributed by atoms with Crippen molar-refractivity contribution in [1.82, 2.24) is 0 Å². The summed E-state index contributed by atoms with van der Waals surface area (Å²) in [5.74, 6) is 0.549. The molecule has 0 aliphatic rings. The first-order valence-electron chi connectivity index (χ1n) is 2.01. The van der Waals surface area contributed by atoms with Crippen molar-refractivity contribution in [3.63, 3.8) is 0 Å². The SMILES string of the molecule is C/C=C(/C#N)CS. The van der Waals surface area contributed by atoms with Crippen LogP contribution in [-0.2, 0) is 0 Å². The first-order valence-corrected chi connectivity index (χ1v) is 2.64. The molecule has 0 aliphatic carbocycles. The lowest BCUT2D eigenvalue weighted by Gasteiger charge is -1.80. The minimum Gasteiger partial charge on any atom is -0.193 e. The Morgan fingerprint density at radius 2 is 2.57 bits per heavy atom. The Hall–Kier alpha value is -0.420. The molecule has 0 aliphatic heterocycles. The van der Waals surface area contributed by atoms with Gasteiger partial charge in [0.25, 0.3) is 0 Å². The lowest BCUT2D eigenvalue weighted by molar-refractivity contribution is 1.44. The zero-order valence-electron chi connectivity index (χ0n) is 4.18. The van der Waals surface area contributed by atoms with Crippen LogP contribution < -0.4 is 0 Å². The second-order valence-corrected chi connectivity index (χ2v) is 1.40. The number of hydrogen-bond donors (Lipinski definition) is 1. The highest BCUT2D eigenvalue weighted by molar-refractivity contribution is 7.80. The molecule has 0 heterocycles. The van der Waals surface area contributed by atoms with Crippen molar-refractivity contribution in [3.05, 3.63) is 11.6 Å². The quantitative estimate of drug-likeness (QED) is 0.403. The zero-order chi connectivity index (χ0) is 5.70. The molecule has 7 heavy (non-hydrogen) atoms. The maximum Gasteiger partial charge on any atom is 0.0952 e. The minimum atomic E-state index is 0.549. The molecular weight excluding hydrogens is 106 g/mol. The van der Waals surface area contributed by atoms with Crippen LogP contribution in [0.3, 0.4) is 0 Å². The molecule has 0 rings (SSSR count).